The zero-order valence-corrected chi connectivity index (χ0v) is 46.7. The highest BCUT2D eigenvalue weighted by Crippen LogP contribution is 2.19. The number of amides is 1. The van der Waals surface area contributed by atoms with Gasteiger partial charge in [0.15, 0.2) is 0 Å². The number of allylic oxidation sites excluding steroid dienone is 3. The van der Waals surface area contributed by atoms with Crippen LogP contribution in [-0.4, -0.2) is 34.9 Å². The fourth-order valence-electron chi connectivity index (χ4n) is 10.1. The van der Waals surface area contributed by atoms with E-state index in [2.05, 4.69) is 31.3 Å². The maximum absolute atomic E-state index is 12.5. The van der Waals surface area contributed by atoms with E-state index >= 15 is 0 Å². The molecule has 0 aromatic carbocycles. The van der Waals surface area contributed by atoms with E-state index in [1.165, 1.54) is 308 Å². The van der Waals surface area contributed by atoms with Crippen LogP contribution in [0.3, 0.4) is 0 Å². The first-order valence-electron chi connectivity index (χ1n) is 31.6. The summed E-state index contributed by atoms with van der Waals surface area (Å²) in [4.78, 5) is 12.5. The third kappa shape index (κ3) is 55.8. The van der Waals surface area contributed by atoms with Crippen LogP contribution in [0.4, 0.5) is 0 Å². The highest BCUT2D eigenvalue weighted by molar-refractivity contribution is 5.76. The molecule has 0 saturated heterocycles. The average molecular weight is 957 g/mol. The Balaban J connectivity index is 3.45. The summed E-state index contributed by atoms with van der Waals surface area (Å²) < 4.78 is 0. The van der Waals surface area contributed by atoms with Gasteiger partial charge in [0.05, 0.1) is 18.8 Å². The molecule has 4 heteroatoms. The maximum Gasteiger partial charge on any atom is 0.220 e. The van der Waals surface area contributed by atoms with Crippen molar-refractivity contribution in [1.82, 2.24) is 5.32 Å². The number of rotatable bonds is 59. The van der Waals surface area contributed by atoms with Crippen LogP contribution in [0.1, 0.15) is 361 Å². The summed E-state index contributed by atoms with van der Waals surface area (Å²) >= 11 is 0. The van der Waals surface area contributed by atoms with Crippen LogP contribution in [0.25, 0.3) is 0 Å². The van der Waals surface area contributed by atoms with E-state index in [9.17, 15) is 15.0 Å². The van der Waals surface area contributed by atoms with Crippen molar-refractivity contribution in [2.45, 2.75) is 373 Å². The number of nitrogens with one attached hydrogen (secondary N) is 1. The smallest absolute Gasteiger partial charge is 0.220 e. The number of aliphatic hydroxyl groups excluding tert-OH is 2. The minimum Gasteiger partial charge on any atom is -0.394 e. The first-order valence-corrected chi connectivity index (χ1v) is 31.6. The molecule has 404 valence electrons. The molecule has 0 aromatic heterocycles. The van der Waals surface area contributed by atoms with Gasteiger partial charge in [0.25, 0.3) is 0 Å². The van der Waals surface area contributed by atoms with Crippen LogP contribution in [0.2, 0.25) is 0 Å². The second kappa shape index (κ2) is 60.2. The highest BCUT2D eigenvalue weighted by Gasteiger charge is 2.18. The summed E-state index contributed by atoms with van der Waals surface area (Å²) in [7, 11) is 0. The number of unbranched alkanes of at least 4 members (excludes halogenated alkanes) is 50. The predicted molar refractivity (Wildman–Crippen MR) is 304 cm³/mol. The molecule has 1 amide bonds. The lowest BCUT2D eigenvalue weighted by atomic mass is 10.0. The number of hydrogen-bond donors (Lipinski definition) is 3. The Morgan fingerprint density at radius 1 is 0.338 bits per heavy atom. The quantitative estimate of drug-likeness (QED) is 0.0420. The van der Waals surface area contributed by atoms with Crippen LogP contribution < -0.4 is 5.32 Å². The standard InChI is InChI=1S/C64H125NO3/c1-3-5-7-9-11-13-15-17-19-21-23-25-27-29-30-31-32-33-34-35-36-37-39-41-43-45-47-49-51-53-55-57-59-63(67)62(61-66)65-64(68)60-58-56-54-52-50-48-46-44-42-40-38-28-26-24-22-20-18-16-14-12-10-8-6-4-2/h49,51,57,59,62-63,66-67H,3-48,50,52-56,58,60-61H2,1-2H3,(H,65,68)/b51-49+,59-57+. The Hall–Kier alpha value is -1.13. The summed E-state index contributed by atoms with van der Waals surface area (Å²) in [5.41, 5.74) is 0. The zero-order chi connectivity index (χ0) is 49.2. The van der Waals surface area contributed by atoms with Crippen molar-refractivity contribution in [1.29, 1.82) is 0 Å². The molecule has 0 aliphatic carbocycles. The normalized spacial score (nSPS) is 12.8. The number of hydrogen-bond acceptors (Lipinski definition) is 3. The molecule has 0 heterocycles. The molecule has 0 aromatic rings. The Kier molecular flexibility index (Phi) is 59.2. The van der Waals surface area contributed by atoms with Gasteiger partial charge in [0, 0.05) is 6.42 Å². The van der Waals surface area contributed by atoms with Gasteiger partial charge in [-0.2, -0.15) is 0 Å². The first-order chi connectivity index (χ1) is 33.7. The van der Waals surface area contributed by atoms with Crippen LogP contribution in [0.5, 0.6) is 0 Å². The van der Waals surface area contributed by atoms with Gasteiger partial charge in [-0.25, -0.2) is 0 Å². The second-order valence-corrected chi connectivity index (χ2v) is 21.8. The molecule has 2 unspecified atom stereocenters. The van der Waals surface area contributed by atoms with E-state index < -0.39 is 12.1 Å². The van der Waals surface area contributed by atoms with Crippen molar-refractivity contribution in [2.24, 2.45) is 0 Å². The lowest BCUT2D eigenvalue weighted by Gasteiger charge is -2.19. The van der Waals surface area contributed by atoms with E-state index in [1.54, 1.807) is 6.08 Å². The maximum atomic E-state index is 12.5. The van der Waals surface area contributed by atoms with E-state index in [0.29, 0.717) is 6.42 Å². The third-order valence-electron chi connectivity index (χ3n) is 14.9. The summed E-state index contributed by atoms with van der Waals surface area (Å²) in [6.45, 7) is 4.35. The zero-order valence-electron chi connectivity index (χ0n) is 46.7. The Morgan fingerprint density at radius 3 is 0.853 bits per heavy atom. The van der Waals surface area contributed by atoms with Crippen molar-refractivity contribution in [3.63, 3.8) is 0 Å². The molecule has 0 bridgehead atoms. The van der Waals surface area contributed by atoms with Crippen LogP contribution in [0.15, 0.2) is 24.3 Å². The SMILES string of the molecule is CCCCCCCCCCCCCCCCCCCCCCCCCCCC/C=C/CC/C=C/C(O)C(CO)NC(=O)CCCCCCCCCCCCCCCCCCCCCCCCCC. The van der Waals surface area contributed by atoms with Gasteiger partial charge < -0.3 is 15.5 Å². The molecule has 0 spiro atoms. The molecular weight excluding hydrogens is 831 g/mol. The third-order valence-corrected chi connectivity index (χ3v) is 14.9. The Labute approximate surface area is 428 Å². The van der Waals surface area contributed by atoms with Gasteiger partial charge in [-0.3, -0.25) is 4.79 Å². The van der Waals surface area contributed by atoms with Crippen molar-refractivity contribution in [2.75, 3.05) is 6.61 Å². The van der Waals surface area contributed by atoms with Crippen molar-refractivity contribution in [3.8, 4) is 0 Å². The van der Waals surface area contributed by atoms with Gasteiger partial charge in [0.2, 0.25) is 5.91 Å². The first kappa shape index (κ1) is 66.9. The monoisotopic (exact) mass is 956 g/mol. The second-order valence-electron chi connectivity index (χ2n) is 21.8. The highest BCUT2D eigenvalue weighted by atomic mass is 16.3. The molecule has 68 heavy (non-hydrogen) atoms. The van der Waals surface area contributed by atoms with Gasteiger partial charge in [-0.1, -0.05) is 346 Å². The van der Waals surface area contributed by atoms with Gasteiger partial charge in [-0.15, -0.1) is 0 Å². The summed E-state index contributed by atoms with van der Waals surface area (Å²) in [5, 5.41) is 23.2. The summed E-state index contributed by atoms with van der Waals surface area (Å²) in [6.07, 6.45) is 81.0. The lowest BCUT2D eigenvalue weighted by Crippen LogP contribution is -2.45. The molecule has 0 radical (unpaired) electrons. The van der Waals surface area contributed by atoms with Crippen LogP contribution in [0, 0.1) is 0 Å². The minimum absolute atomic E-state index is 0.0655. The number of aliphatic hydroxyl groups is 2. The predicted octanol–water partition coefficient (Wildman–Crippen LogP) is 21.0. The summed E-state index contributed by atoms with van der Waals surface area (Å²) in [6, 6.07) is -0.637. The average Bonchev–Trinajstić information content (AvgIpc) is 3.34. The van der Waals surface area contributed by atoms with Gasteiger partial charge in [-0.05, 0) is 32.1 Å². The van der Waals surface area contributed by atoms with Gasteiger partial charge >= 0.3 is 0 Å². The van der Waals surface area contributed by atoms with Crippen molar-refractivity contribution < 1.29 is 15.0 Å². The van der Waals surface area contributed by atoms with E-state index in [0.717, 1.165) is 32.1 Å². The van der Waals surface area contributed by atoms with E-state index in [1.807, 2.05) is 6.08 Å². The van der Waals surface area contributed by atoms with Crippen molar-refractivity contribution in [3.05, 3.63) is 24.3 Å². The summed E-state index contributed by atoms with van der Waals surface area (Å²) in [5.74, 6) is -0.0655. The largest absolute Gasteiger partial charge is 0.394 e. The van der Waals surface area contributed by atoms with Gasteiger partial charge in [0.1, 0.15) is 0 Å². The number of carbonyl (C=O) groups is 1. The van der Waals surface area contributed by atoms with Crippen LogP contribution >= 0.6 is 0 Å². The molecule has 0 aliphatic heterocycles. The van der Waals surface area contributed by atoms with E-state index in [-0.39, 0.29) is 12.5 Å². The molecule has 2 atom stereocenters. The number of carbonyl (C=O) groups excluding carboxylic acids is 1. The Bertz CT molecular complexity index is 994. The van der Waals surface area contributed by atoms with E-state index in [4.69, 9.17) is 0 Å². The molecule has 4 nitrogen and oxygen atoms in total. The topological polar surface area (TPSA) is 69.6 Å². The lowest BCUT2D eigenvalue weighted by molar-refractivity contribution is -0.123. The minimum atomic E-state index is -0.860. The fraction of sp³-hybridized carbons (Fsp3) is 0.922. The fourth-order valence-corrected chi connectivity index (χ4v) is 10.1. The molecule has 0 aliphatic rings. The van der Waals surface area contributed by atoms with Crippen LogP contribution in [-0.2, 0) is 4.79 Å². The Morgan fingerprint density at radius 2 is 0.574 bits per heavy atom. The van der Waals surface area contributed by atoms with Crippen molar-refractivity contribution >= 4 is 5.91 Å². The molecule has 0 rings (SSSR count). The molecule has 0 fully saturated rings. The molecule has 3 N–H and O–H groups in total. The molecular formula is C64H125NO3. The molecule has 0 saturated carbocycles.